The summed E-state index contributed by atoms with van der Waals surface area (Å²) < 4.78 is 4.09. The number of aryl methyl sites for hydroxylation is 2. The number of para-hydroxylation sites is 1. The van der Waals surface area contributed by atoms with Crippen molar-refractivity contribution in [3.8, 4) is 11.5 Å². The third-order valence-corrected chi connectivity index (χ3v) is 3.77. The van der Waals surface area contributed by atoms with Gasteiger partial charge in [0.2, 0.25) is 0 Å². The first-order chi connectivity index (χ1) is 10.3. The SMILES string of the molecule is CCc1nn(-c2ccccc2C)c(-n2cccc2)c1CN. The Morgan fingerprint density at radius 2 is 1.81 bits per heavy atom. The monoisotopic (exact) mass is 280 g/mol. The van der Waals surface area contributed by atoms with Crippen molar-refractivity contribution < 1.29 is 0 Å². The average Bonchev–Trinajstić information content (AvgIpc) is 3.14. The van der Waals surface area contributed by atoms with E-state index in [1.54, 1.807) is 0 Å². The summed E-state index contributed by atoms with van der Waals surface area (Å²) in [6, 6.07) is 12.3. The zero-order valence-corrected chi connectivity index (χ0v) is 12.5. The third kappa shape index (κ3) is 2.28. The molecule has 0 spiro atoms. The molecule has 4 nitrogen and oxygen atoms in total. The van der Waals surface area contributed by atoms with E-state index in [2.05, 4.69) is 30.5 Å². The molecule has 4 heteroatoms. The van der Waals surface area contributed by atoms with E-state index in [-0.39, 0.29) is 0 Å². The molecule has 0 saturated carbocycles. The minimum Gasteiger partial charge on any atom is -0.326 e. The van der Waals surface area contributed by atoms with Crippen molar-refractivity contribution >= 4 is 0 Å². The van der Waals surface area contributed by atoms with Crippen molar-refractivity contribution in [1.82, 2.24) is 14.3 Å². The topological polar surface area (TPSA) is 48.8 Å². The van der Waals surface area contributed by atoms with Crippen molar-refractivity contribution in [3.05, 3.63) is 65.6 Å². The number of nitrogens with two attached hydrogens (primary N) is 1. The lowest BCUT2D eigenvalue weighted by Crippen LogP contribution is -2.08. The molecule has 3 aromatic rings. The highest BCUT2D eigenvalue weighted by atomic mass is 15.3. The van der Waals surface area contributed by atoms with Crippen LogP contribution >= 0.6 is 0 Å². The summed E-state index contributed by atoms with van der Waals surface area (Å²) in [4.78, 5) is 0. The zero-order valence-electron chi connectivity index (χ0n) is 12.5. The number of hydrogen-bond donors (Lipinski definition) is 1. The smallest absolute Gasteiger partial charge is 0.145 e. The summed E-state index contributed by atoms with van der Waals surface area (Å²) in [5.74, 6) is 1.04. The number of rotatable bonds is 4. The van der Waals surface area contributed by atoms with Crippen molar-refractivity contribution in [1.29, 1.82) is 0 Å². The van der Waals surface area contributed by atoms with E-state index in [9.17, 15) is 0 Å². The number of hydrogen-bond acceptors (Lipinski definition) is 2. The summed E-state index contributed by atoms with van der Waals surface area (Å²) in [5.41, 5.74) is 10.5. The van der Waals surface area contributed by atoms with Crippen LogP contribution in [0.3, 0.4) is 0 Å². The van der Waals surface area contributed by atoms with Crippen LogP contribution < -0.4 is 5.73 Å². The van der Waals surface area contributed by atoms with Crippen LogP contribution in [0.1, 0.15) is 23.7 Å². The lowest BCUT2D eigenvalue weighted by molar-refractivity contribution is 0.798. The molecule has 0 aliphatic heterocycles. The fourth-order valence-corrected chi connectivity index (χ4v) is 2.69. The lowest BCUT2D eigenvalue weighted by atomic mass is 10.2. The summed E-state index contributed by atoms with van der Waals surface area (Å²) in [6.45, 7) is 4.70. The minimum atomic E-state index is 0.489. The Balaban J connectivity index is 2.30. The first-order valence-electron chi connectivity index (χ1n) is 7.26. The summed E-state index contributed by atoms with van der Waals surface area (Å²) >= 11 is 0. The molecule has 0 aliphatic carbocycles. The molecule has 2 N–H and O–H groups in total. The molecule has 3 rings (SSSR count). The highest BCUT2D eigenvalue weighted by molar-refractivity contribution is 5.49. The maximum absolute atomic E-state index is 6.00. The molecule has 0 fully saturated rings. The number of benzene rings is 1. The van der Waals surface area contributed by atoms with E-state index < -0.39 is 0 Å². The van der Waals surface area contributed by atoms with Gasteiger partial charge in [-0.2, -0.15) is 5.10 Å². The maximum atomic E-state index is 6.00. The first kappa shape index (κ1) is 13.6. The molecule has 0 aliphatic rings. The van der Waals surface area contributed by atoms with Gasteiger partial charge in [-0.15, -0.1) is 0 Å². The van der Waals surface area contributed by atoms with E-state index in [1.165, 1.54) is 5.56 Å². The standard InChI is InChI=1S/C17H20N4/c1-3-15-14(12-18)17(20-10-6-7-11-20)21(19-15)16-9-5-4-8-13(16)2/h4-11H,3,12,18H2,1-2H3. The van der Waals surface area contributed by atoms with Gasteiger partial charge in [-0.3, -0.25) is 0 Å². The van der Waals surface area contributed by atoms with E-state index in [0.29, 0.717) is 6.54 Å². The second kappa shape index (κ2) is 5.58. The molecule has 0 bridgehead atoms. The Labute approximate surface area is 124 Å². The Bertz CT molecular complexity index is 738. The predicted octanol–water partition coefficient (Wildman–Crippen LogP) is 2.99. The Kier molecular flexibility index (Phi) is 3.62. The van der Waals surface area contributed by atoms with Crippen LogP contribution in [0.15, 0.2) is 48.8 Å². The highest BCUT2D eigenvalue weighted by Crippen LogP contribution is 2.24. The molecule has 2 heterocycles. The van der Waals surface area contributed by atoms with Crippen LogP contribution in [-0.4, -0.2) is 14.3 Å². The first-order valence-corrected chi connectivity index (χ1v) is 7.26. The quantitative estimate of drug-likeness (QED) is 0.798. The Morgan fingerprint density at radius 3 is 2.43 bits per heavy atom. The van der Waals surface area contributed by atoms with E-state index in [1.807, 2.05) is 41.3 Å². The molecule has 21 heavy (non-hydrogen) atoms. The van der Waals surface area contributed by atoms with Gasteiger partial charge < -0.3 is 10.3 Å². The van der Waals surface area contributed by atoms with Gasteiger partial charge in [0.15, 0.2) is 0 Å². The molecule has 0 amide bonds. The molecule has 0 unspecified atom stereocenters. The van der Waals surface area contributed by atoms with Crippen molar-refractivity contribution in [2.75, 3.05) is 0 Å². The van der Waals surface area contributed by atoms with Crippen LogP contribution in [0, 0.1) is 6.92 Å². The largest absolute Gasteiger partial charge is 0.326 e. The zero-order chi connectivity index (χ0) is 14.8. The molecular formula is C17H20N4. The van der Waals surface area contributed by atoms with Crippen molar-refractivity contribution in [2.45, 2.75) is 26.8 Å². The number of nitrogens with zero attached hydrogens (tertiary/aromatic N) is 3. The van der Waals surface area contributed by atoms with Crippen LogP contribution in [0.2, 0.25) is 0 Å². The molecule has 0 atom stereocenters. The maximum Gasteiger partial charge on any atom is 0.145 e. The highest BCUT2D eigenvalue weighted by Gasteiger charge is 2.18. The Morgan fingerprint density at radius 1 is 1.10 bits per heavy atom. The molecule has 0 saturated heterocycles. The fraction of sp³-hybridized carbons (Fsp3) is 0.235. The van der Waals surface area contributed by atoms with E-state index in [4.69, 9.17) is 10.8 Å². The van der Waals surface area contributed by atoms with Gasteiger partial charge in [-0.1, -0.05) is 25.1 Å². The van der Waals surface area contributed by atoms with E-state index in [0.717, 1.165) is 29.2 Å². The third-order valence-electron chi connectivity index (χ3n) is 3.77. The van der Waals surface area contributed by atoms with Crippen molar-refractivity contribution in [2.24, 2.45) is 5.73 Å². The van der Waals surface area contributed by atoms with Gasteiger partial charge in [0.1, 0.15) is 5.82 Å². The van der Waals surface area contributed by atoms with Gasteiger partial charge in [-0.05, 0) is 37.1 Å². The van der Waals surface area contributed by atoms with Gasteiger partial charge in [0.05, 0.1) is 11.4 Å². The molecule has 2 aromatic heterocycles. The van der Waals surface area contributed by atoms with Gasteiger partial charge in [0, 0.05) is 24.5 Å². The number of aromatic nitrogens is 3. The van der Waals surface area contributed by atoms with Crippen LogP contribution in [0.5, 0.6) is 0 Å². The molecular weight excluding hydrogens is 260 g/mol. The fourth-order valence-electron chi connectivity index (χ4n) is 2.69. The second-order valence-corrected chi connectivity index (χ2v) is 5.10. The minimum absolute atomic E-state index is 0.489. The predicted molar refractivity (Wildman–Crippen MR) is 84.9 cm³/mol. The van der Waals surface area contributed by atoms with E-state index >= 15 is 0 Å². The molecule has 1 aromatic carbocycles. The molecule has 0 radical (unpaired) electrons. The lowest BCUT2D eigenvalue weighted by Gasteiger charge is -2.12. The normalized spacial score (nSPS) is 11.0. The van der Waals surface area contributed by atoms with Crippen LogP contribution in [0.4, 0.5) is 0 Å². The van der Waals surface area contributed by atoms with Crippen molar-refractivity contribution in [3.63, 3.8) is 0 Å². The average molecular weight is 280 g/mol. The molecule has 108 valence electrons. The summed E-state index contributed by atoms with van der Waals surface area (Å²) in [5, 5.41) is 4.80. The Hall–Kier alpha value is -2.33. The van der Waals surface area contributed by atoms with Crippen LogP contribution in [0.25, 0.3) is 11.5 Å². The summed E-state index contributed by atoms with van der Waals surface area (Å²) in [6.07, 6.45) is 4.94. The second-order valence-electron chi connectivity index (χ2n) is 5.10. The summed E-state index contributed by atoms with van der Waals surface area (Å²) in [7, 11) is 0. The van der Waals surface area contributed by atoms with Crippen LogP contribution in [-0.2, 0) is 13.0 Å². The van der Waals surface area contributed by atoms with Gasteiger partial charge >= 0.3 is 0 Å². The van der Waals surface area contributed by atoms with Gasteiger partial charge in [0.25, 0.3) is 0 Å². The van der Waals surface area contributed by atoms with Gasteiger partial charge in [-0.25, -0.2) is 4.68 Å².